The fraction of sp³-hybridized carbons (Fsp3) is 0.625. The number of aryl methyl sites for hydroxylation is 2. The number of piperidine rings is 1. The molecule has 0 bridgehead atoms. The van der Waals surface area contributed by atoms with Crippen LogP contribution in [0.3, 0.4) is 0 Å². The van der Waals surface area contributed by atoms with Crippen LogP contribution in [0.15, 0.2) is 6.07 Å². The number of aromatic nitrogens is 1. The van der Waals surface area contributed by atoms with E-state index < -0.39 is 0 Å². The third-order valence-electron chi connectivity index (χ3n) is 4.48. The summed E-state index contributed by atoms with van der Waals surface area (Å²) in [6, 6.07) is 4.89. The zero-order chi connectivity index (χ0) is 13.9. The van der Waals surface area contributed by atoms with E-state index in [2.05, 4.69) is 29.3 Å². The van der Waals surface area contributed by atoms with E-state index >= 15 is 0 Å². The number of pyridine rings is 1. The first-order valence-electron chi connectivity index (χ1n) is 7.73. The first kappa shape index (κ1) is 13.4. The second kappa shape index (κ2) is 5.80. The molecule has 106 valence electrons. The van der Waals surface area contributed by atoms with Gasteiger partial charge in [0, 0.05) is 24.8 Å². The highest BCUT2D eigenvalue weighted by atomic mass is 15.2. The van der Waals surface area contributed by atoms with Crippen LogP contribution in [0, 0.1) is 11.3 Å². The summed E-state index contributed by atoms with van der Waals surface area (Å²) in [7, 11) is 0. The van der Waals surface area contributed by atoms with Gasteiger partial charge in [0.2, 0.25) is 0 Å². The molecule has 1 saturated heterocycles. The van der Waals surface area contributed by atoms with Crippen molar-refractivity contribution in [2.45, 2.75) is 45.1 Å². The molecule has 2 aliphatic rings. The number of likely N-dealkylation sites (N-methyl/N-ethyl adjacent to an activating group) is 1. The topological polar surface area (TPSA) is 52.0 Å². The van der Waals surface area contributed by atoms with Crippen LogP contribution < -0.4 is 10.2 Å². The molecular formula is C16H22N4. The van der Waals surface area contributed by atoms with Gasteiger partial charge in [0.05, 0.1) is 5.56 Å². The van der Waals surface area contributed by atoms with E-state index in [0.29, 0.717) is 6.04 Å². The molecule has 1 atom stereocenters. The van der Waals surface area contributed by atoms with Gasteiger partial charge >= 0.3 is 0 Å². The zero-order valence-corrected chi connectivity index (χ0v) is 12.2. The summed E-state index contributed by atoms with van der Waals surface area (Å²) in [5, 5.41) is 12.9. The van der Waals surface area contributed by atoms with Crippen molar-refractivity contribution < 1.29 is 0 Å². The predicted octanol–water partition coefficient (Wildman–Crippen LogP) is 2.02. The Morgan fingerprint density at radius 3 is 3.05 bits per heavy atom. The summed E-state index contributed by atoms with van der Waals surface area (Å²) in [5.41, 5.74) is 3.24. The largest absolute Gasteiger partial charge is 0.352 e. The molecule has 1 unspecified atom stereocenters. The lowest BCUT2D eigenvalue weighted by Crippen LogP contribution is -2.46. The number of hydrogen-bond acceptors (Lipinski definition) is 4. The lowest BCUT2D eigenvalue weighted by molar-refractivity contribution is 0.433. The number of fused-ring (bicyclic) bond motifs is 1. The minimum Gasteiger partial charge on any atom is -0.352 e. The average molecular weight is 270 g/mol. The maximum Gasteiger partial charge on any atom is 0.147 e. The van der Waals surface area contributed by atoms with E-state index in [-0.39, 0.29) is 0 Å². The summed E-state index contributed by atoms with van der Waals surface area (Å²) in [4.78, 5) is 7.17. The molecule has 3 rings (SSSR count). The first-order chi connectivity index (χ1) is 9.83. The maximum absolute atomic E-state index is 9.46. The molecule has 4 heteroatoms. The molecule has 0 radical (unpaired) electrons. The van der Waals surface area contributed by atoms with Crippen molar-refractivity contribution in [2.75, 3.05) is 24.5 Å². The highest BCUT2D eigenvalue weighted by Gasteiger charge is 2.25. The van der Waals surface area contributed by atoms with Crippen molar-refractivity contribution in [3.05, 3.63) is 22.9 Å². The maximum atomic E-state index is 9.46. The zero-order valence-electron chi connectivity index (χ0n) is 12.2. The van der Waals surface area contributed by atoms with Gasteiger partial charge in [-0.15, -0.1) is 0 Å². The van der Waals surface area contributed by atoms with Gasteiger partial charge in [-0.05, 0) is 57.2 Å². The van der Waals surface area contributed by atoms with E-state index in [4.69, 9.17) is 4.98 Å². The molecule has 1 N–H and O–H groups in total. The second-order valence-electron chi connectivity index (χ2n) is 5.72. The Kier molecular flexibility index (Phi) is 3.88. The Balaban J connectivity index is 1.96. The Morgan fingerprint density at radius 1 is 1.45 bits per heavy atom. The number of nitrogens with one attached hydrogen (secondary N) is 1. The SMILES string of the molecule is CCN(c1nc2c(cc1C#N)CCC2)C1CCCNC1. The minimum atomic E-state index is 0.466. The molecule has 0 amide bonds. The Labute approximate surface area is 120 Å². The van der Waals surface area contributed by atoms with Crippen molar-refractivity contribution in [2.24, 2.45) is 0 Å². The van der Waals surface area contributed by atoms with E-state index in [1.807, 2.05) is 0 Å². The summed E-state index contributed by atoms with van der Waals surface area (Å²) < 4.78 is 0. The summed E-state index contributed by atoms with van der Waals surface area (Å²) in [6.07, 6.45) is 5.70. The van der Waals surface area contributed by atoms with Crippen molar-refractivity contribution in [3.8, 4) is 6.07 Å². The summed E-state index contributed by atoms with van der Waals surface area (Å²) in [5.74, 6) is 0.907. The van der Waals surface area contributed by atoms with E-state index in [1.54, 1.807) is 0 Å². The van der Waals surface area contributed by atoms with Crippen LogP contribution in [0.4, 0.5) is 5.82 Å². The molecule has 1 aliphatic carbocycles. The highest BCUT2D eigenvalue weighted by Crippen LogP contribution is 2.29. The molecule has 1 aromatic heterocycles. The van der Waals surface area contributed by atoms with Gasteiger partial charge in [-0.25, -0.2) is 4.98 Å². The monoisotopic (exact) mass is 270 g/mol. The molecule has 4 nitrogen and oxygen atoms in total. The van der Waals surface area contributed by atoms with E-state index in [1.165, 1.54) is 30.5 Å². The Bertz CT molecular complexity index is 526. The van der Waals surface area contributed by atoms with Crippen LogP contribution in [0.5, 0.6) is 0 Å². The van der Waals surface area contributed by atoms with Crippen LogP contribution in [0.25, 0.3) is 0 Å². The third-order valence-corrected chi connectivity index (χ3v) is 4.48. The quantitative estimate of drug-likeness (QED) is 0.913. The van der Waals surface area contributed by atoms with Gasteiger partial charge in [-0.1, -0.05) is 0 Å². The molecular weight excluding hydrogens is 248 g/mol. The average Bonchev–Trinajstić information content (AvgIpc) is 2.95. The second-order valence-corrected chi connectivity index (χ2v) is 5.72. The molecule has 1 aromatic rings. The standard InChI is InChI=1S/C16H22N4/c1-2-20(14-6-4-8-18-11-14)16-13(10-17)9-12-5-3-7-15(12)19-16/h9,14,18H,2-8,11H2,1H3. The number of rotatable bonds is 3. The van der Waals surface area contributed by atoms with Gasteiger partial charge in [0.25, 0.3) is 0 Å². The van der Waals surface area contributed by atoms with Crippen LogP contribution in [-0.2, 0) is 12.8 Å². The lowest BCUT2D eigenvalue weighted by atomic mass is 10.0. The van der Waals surface area contributed by atoms with Gasteiger partial charge in [-0.2, -0.15) is 5.26 Å². The van der Waals surface area contributed by atoms with Gasteiger partial charge in [0.1, 0.15) is 11.9 Å². The van der Waals surface area contributed by atoms with Crippen LogP contribution >= 0.6 is 0 Å². The van der Waals surface area contributed by atoms with Crippen LogP contribution in [0.2, 0.25) is 0 Å². The predicted molar refractivity (Wildman–Crippen MR) is 79.9 cm³/mol. The highest BCUT2D eigenvalue weighted by molar-refractivity contribution is 5.57. The van der Waals surface area contributed by atoms with Gasteiger partial charge < -0.3 is 10.2 Å². The van der Waals surface area contributed by atoms with Crippen molar-refractivity contribution in [1.29, 1.82) is 5.26 Å². The first-order valence-corrected chi connectivity index (χ1v) is 7.73. The fourth-order valence-corrected chi connectivity index (χ4v) is 3.44. The van der Waals surface area contributed by atoms with Crippen molar-refractivity contribution in [1.82, 2.24) is 10.3 Å². The van der Waals surface area contributed by atoms with Gasteiger partial charge in [0.15, 0.2) is 0 Å². The third kappa shape index (κ3) is 2.38. The molecule has 1 fully saturated rings. The number of nitriles is 1. The normalized spacial score (nSPS) is 21.3. The van der Waals surface area contributed by atoms with Crippen LogP contribution in [0.1, 0.15) is 43.0 Å². The Hall–Kier alpha value is -1.60. The van der Waals surface area contributed by atoms with E-state index in [0.717, 1.165) is 43.9 Å². The molecule has 0 saturated carbocycles. The minimum absolute atomic E-state index is 0.466. The van der Waals surface area contributed by atoms with Crippen LogP contribution in [-0.4, -0.2) is 30.7 Å². The Morgan fingerprint density at radius 2 is 2.35 bits per heavy atom. The number of anilines is 1. The molecule has 2 heterocycles. The molecule has 20 heavy (non-hydrogen) atoms. The van der Waals surface area contributed by atoms with E-state index in [9.17, 15) is 5.26 Å². The molecule has 0 spiro atoms. The van der Waals surface area contributed by atoms with Crippen molar-refractivity contribution in [3.63, 3.8) is 0 Å². The number of nitrogens with zero attached hydrogens (tertiary/aromatic N) is 3. The fourth-order valence-electron chi connectivity index (χ4n) is 3.44. The van der Waals surface area contributed by atoms with Crippen molar-refractivity contribution >= 4 is 5.82 Å². The lowest BCUT2D eigenvalue weighted by Gasteiger charge is -2.35. The smallest absolute Gasteiger partial charge is 0.147 e. The number of hydrogen-bond donors (Lipinski definition) is 1. The van der Waals surface area contributed by atoms with Gasteiger partial charge in [-0.3, -0.25) is 0 Å². The summed E-state index contributed by atoms with van der Waals surface area (Å²) >= 11 is 0. The molecule has 1 aliphatic heterocycles. The molecule has 0 aromatic carbocycles. The summed E-state index contributed by atoms with van der Waals surface area (Å²) in [6.45, 7) is 5.17.